The van der Waals surface area contributed by atoms with Crippen molar-refractivity contribution in [1.82, 2.24) is 15.6 Å². The number of pyridine rings is 1. The summed E-state index contributed by atoms with van der Waals surface area (Å²) in [4.78, 5) is 17.1. The normalized spacial score (nSPS) is 19.7. The minimum Gasteiger partial charge on any atom is -0.489 e. The lowest BCUT2D eigenvalue weighted by Crippen LogP contribution is -2.52. The minimum absolute atomic E-state index is 0.0364. The van der Waals surface area contributed by atoms with Gasteiger partial charge in [-0.05, 0) is 48.9 Å². The van der Waals surface area contributed by atoms with Gasteiger partial charge in [-0.15, -0.1) is 0 Å². The fourth-order valence-electron chi connectivity index (χ4n) is 5.17. The second-order valence-electron chi connectivity index (χ2n) is 10.1. The number of nitrogens with zero attached hydrogens (tertiary/aromatic N) is 2. The topological polar surface area (TPSA) is 109 Å². The molecule has 8 nitrogen and oxygen atoms in total. The number of halogens is 1. The number of ether oxygens (including phenoxy) is 2. The third-order valence-electron chi connectivity index (χ3n) is 7.43. The molecule has 0 unspecified atom stereocenters. The summed E-state index contributed by atoms with van der Waals surface area (Å²) in [5.41, 5.74) is 4.58. The van der Waals surface area contributed by atoms with Gasteiger partial charge in [0.05, 0.1) is 24.8 Å². The van der Waals surface area contributed by atoms with Crippen LogP contribution in [0.1, 0.15) is 35.2 Å². The molecule has 2 N–H and O–H groups in total. The van der Waals surface area contributed by atoms with Crippen LogP contribution in [0.4, 0.5) is 4.39 Å². The van der Waals surface area contributed by atoms with Crippen LogP contribution in [0.2, 0.25) is 0 Å². The maximum atomic E-state index is 14.1. The Balaban J connectivity index is 1.23. The van der Waals surface area contributed by atoms with Crippen LogP contribution in [0.3, 0.4) is 0 Å². The van der Waals surface area contributed by atoms with Crippen molar-refractivity contribution in [3.63, 3.8) is 0 Å². The average molecular weight is 541 g/mol. The van der Waals surface area contributed by atoms with Crippen molar-refractivity contribution in [2.45, 2.75) is 37.6 Å². The molecule has 0 radical (unpaired) electrons. The predicted octanol–water partition coefficient (Wildman–Crippen LogP) is 5.02. The van der Waals surface area contributed by atoms with Crippen LogP contribution in [0, 0.1) is 11.3 Å². The summed E-state index contributed by atoms with van der Waals surface area (Å²) >= 11 is 0. The Bertz CT molecular complexity index is 1560. The number of carbonyl (C=O) groups is 1. The van der Waals surface area contributed by atoms with Gasteiger partial charge < -0.3 is 24.5 Å². The number of fused-ring (bicyclic) bond motifs is 1. The van der Waals surface area contributed by atoms with E-state index in [2.05, 4.69) is 21.7 Å². The highest BCUT2D eigenvalue weighted by atomic mass is 19.1. The fraction of sp³-hybridized carbons (Fsp3) is 0.323. The van der Waals surface area contributed by atoms with E-state index in [0.29, 0.717) is 66.5 Å². The van der Waals surface area contributed by atoms with Crippen molar-refractivity contribution in [3.05, 3.63) is 71.9 Å². The standard InChI is InChI=1S/C31H29FN4O4/c32-25-8-11-34-18-27(25)36-31(37)20-3-1-19(2-4-20)29-16-26-30(40-29)24(7-12-35-26)21-5-6-28(22(15-21)17-33)39-23-9-13-38-14-10-23/h1-7,12,15-16,23,25,27,34H,8-11,13-14,18H2,(H,36,37)/t25-,27-/m1/s1. The number of nitriles is 1. The molecule has 2 fully saturated rings. The smallest absolute Gasteiger partial charge is 0.251 e. The first-order chi connectivity index (χ1) is 19.6. The van der Waals surface area contributed by atoms with Gasteiger partial charge in [-0.1, -0.05) is 18.2 Å². The van der Waals surface area contributed by atoms with E-state index in [9.17, 15) is 14.4 Å². The summed E-state index contributed by atoms with van der Waals surface area (Å²) in [6, 6.07) is 18.0. The molecule has 4 aromatic rings. The average Bonchev–Trinajstić information content (AvgIpc) is 3.44. The molecule has 2 aromatic carbocycles. The molecular weight excluding hydrogens is 511 g/mol. The van der Waals surface area contributed by atoms with Crippen molar-refractivity contribution in [1.29, 1.82) is 5.26 Å². The maximum absolute atomic E-state index is 14.1. The molecule has 2 aliphatic heterocycles. The number of hydrogen-bond donors (Lipinski definition) is 2. The quantitative estimate of drug-likeness (QED) is 0.353. The molecule has 2 saturated heterocycles. The van der Waals surface area contributed by atoms with Gasteiger partial charge in [0.1, 0.15) is 35.4 Å². The van der Waals surface area contributed by atoms with Crippen LogP contribution < -0.4 is 15.4 Å². The predicted molar refractivity (Wildman–Crippen MR) is 148 cm³/mol. The Morgan fingerprint density at radius 2 is 1.88 bits per heavy atom. The lowest BCUT2D eigenvalue weighted by Gasteiger charge is -2.27. The summed E-state index contributed by atoms with van der Waals surface area (Å²) in [5.74, 6) is 0.852. The number of nitrogens with one attached hydrogen (secondary N) is 2. The number of piperidine rings is 1. The zero-order valence-corrected chi connectivity index (χ0v) is 21.9. The molecule has 204 valence electrons. The van der Waals surface area contributed by atoms with Crippen LogP contribution in [0.25, 0.3) is 33.6 Å². The first kappa shape index (κ1) is 26.0. The second-order valence-corrected chi connectivity index (χ2v) is 10.1. The number of furan rings is 1. The minimum atomic E-state index is -1.05. The first-order valence-electron chi connectivity index (χ1n) is 13.5. The number of amides is 1. The molecule has 0 aliphatic carbocycles. The van der Waals surface area contributed by atoms with Crippen molar-refractivity contribution in [2.75, 3.05) is 26.3 Å². The summed E-state index contributed by atoms with van der Waals surface area (Å²) in [6.45, 7) is 2.36. The number of carbonyl (C=O) groups excluding carboxylic acids is 1. The van der Waals surface area contributed by atoms with Gasteiger partial charge in [0.15, 0.2) is 5.58 Å². The van der Waals surface area contributed by atoms with Gasteiger partial charge in [-0.25, -0.2) is 4.39 Å². The maximum Gasteiger partial charge on any atom is 0.251 e. The molecule has 0 saturated carbocycles. The van der Waals surface area contributed by atoms with E-state index < -0.39 is 12.2 Å². The Morgan fingerprint density at radius 3 is 2.65 bits per heavy atom. The first-order valence-corrected chi connectivity index (χ1v) is 13.5. The lowest BCUT2D eigenvalue weighted by molar-refractivity contribution is 0.0254. The Hall–Kier alpha value is -4.26. The Kier molecular flexibility index (Phi) is 7.45. The van der Waals surface area contributed by atoms with Gasteiger partial charge in [-0.3, -0.25) is 9.78 Å². The van der Waals surface area contributed by atoms with Crippen LogP contribution in [-0.2, 0) is 4.74 Å². The second kappa shape index (κ2) is 11.5. The van der Waals surface area contributed by atoms with Gasteiger partial charge >= 0.3 is 0 Å². The number of hydrogen-bond acceptors (Lipinski definition) is 7. The number of aromatic nitrogens is 1. The molecular formula is C31H29FN4O4. The molecule has 4 heterocycles. The number of alkyl halides is 1. The van der Waals surface area contributed by atoms with Gasteiger partial charge in [-0.2, -0.15) is 5.26 Å². The van der Waals surface area contributed by atoms with Crippen molar-refractivity contribution in [3.8, 4) is 34.3 Å². The summed E-state index contributed by atoms with van der Waals surface area (Å²) in [7, 11) is 0. The van der Waals surface area contributed by atoms with Crippen molar-refractivity contribution < 1.29 is 23.1 Å². The Labute approximate surface area is 231 Å². The van der Waals surface area contributed by atoms with Crippen LogP contribution in [-0.4, -0.2) is 55.5 Å². The summed E-state index contributed by atoms with van der Waals surface area (Å²) in [6.07, 6.45) is 2.68. The lowest BCUT2D eigenvalue weighted by atomic mass is 10.0. The molecule has 6 rings (SSSR count). The van der Waals surface area contributed by atoms with Crippen LogP contribution >= 0.6 is 0 Å². The highest BCUT2D eigenvalue weighted by Gasteiger charge is 2.26. The molecule has 0 bridgehead atoms. The molecule has 1 amide bonds. The van der Waals surface area contributed by atoms with Gasteiger partial charge in [0.2, 0.25) is 0 Å². The summed E-state index contributed by atoms with van der Waals surface area (Å²) in [5, 5.41) is 15.7. The number of rotatable bonds is 6. The molecule has 9 heteroatoms. The van der Waals surface area contributed by atoms with E-state index in [0.717, 1.165) is 29.5 Å². The zero-order valence-electron chi connectivity index (χ0n) is 21.9. The van der Waals surface area contributed by atoms with E-state index >= 15 is 0 Å². The highest BCUT2D eigenvalue weighted by Crippen LogP contribution is 2.35. The van der Waals surface area contributed by atoms with Crippen LogP contribution in [0.15, 0.2) is 65.2 Å². The number of benzene rings is 2. The third kappa shape index (κ3) is 5.41. The molecule has 2 atom stereocenters. The van der Waals surface area contributed by atoms with E-state index in [1.165, 1.54) is 0 Å². The van der Waals surface area contributed by atoms with E-state index in [1.807, 2.05) is 30.3 Å². The van der Waals surface area contributed by atoms with Gasteiger partial charge in [0, 0.05) is 48.3 Å². The van der Waals surface area contributed by atoms with E-state index in [-0.39, 0.29) is 12.0 Å². The van der Waals surface area contributed by atoms with Crippen LogP contribution in [0.5, 0.6) is 5.75 Å². The van der Waals surface area contributed by atoms with E-state index in [4.69, 9.17) is 13.9 Å². The highest BCUT2D eigenvalue weighted by molar-refractivity contribution is 5.95. The molecule has 2 aromatic heterocycles. The SMILES string of the molecule is N#Cc1cc(-c2ccnc3cc(-c4ccc(C(=O)N[C@@H]5CNCC[C@H]5F)cc4)oc23)ccc1OC1CCOCC1. The zero-order chi connectivity index (χ0) is 27.5. The van der Waals surface area contributed by atoms with Crippen molar-refractivity contribution >= 4 is 17.0 Å². The Morgan fingerprint density at radius 1 is 1.07 bits per heavy atom. The van der Waals surface area contributed by atoms with Gasteiger partial charge in [0.25, 0.3) is 5.91 Å². The third-order valence-corrected chi connectivity index (χ3v) is 7.43. The molecule has 0 spiro atoms. The van der Waals surface area contributed by atoms with E-state index in [1.54, 1.807) is 30.5 Å². The largest absolute Gasteiger partial charge is 0.489 e. The molecule has 40 heavy (non-hydrogen) atoms. The van der Waals surface area contributed by atoms with Crippen molar-refractivity contribution in [2.24, 2.45) is 0 Å². The fourth-order valence-corrected chi connectivity index (χ4v) is 5.17. The summed E-state index contributed by atoms with van der Waals surface area (Å²) < 4.78 is 31.9. The molecule has 2 aliphatic rings. The monoisotopic (exact) mass is 540 g/mol.